The number of nitrogens with zero attached hydrogens (tertiary/aromatic N) is 1. The van der Waals surface area contributed by atoms with E-state index in [-0.39, 0.29) is 5.91 Å². The fourth-order valence-corrected chi connectivity index (χ4v) is 2.08. The molecule has 0 radical (unpaired) electrons. The van der Waals surface area contributed by atoms with Crippen molar-refractivity contribution >= 4 is 5.91 Å². The topological polar surface area (TPSA) is 41.6 Å². The molecular weight excluding hydrogens is 264 g/mol. The van der Waals surface area contributed by atoms with Crippen LogP contribution in [0.1, 0.15) is 33.3 Å². The number of nitrogens with one attached hydrogen (secondary N) is 1. The molecule has 0 aliphatic rings. The third-order valence-corrected chi connectivity index (χ3v) is 3.64. The van der Waals surface area contributed by atoms with E-state index in [1.807, 2.05) is 24.3 Å². The molecule has 0 aromatic heterocycles. The number of likely N-dealkylation sites (N-methyl/N-ethyl adjacent to an activating group) is 1. The molecule has 1 aromatic carbocycles. The summed E-state index contributed by atoms with van der Waals surface area (Å²) in [6, 6.07) is 7.89. The van der Waals surface area contributed by atoms with Gasteiger partial charge in [-0.25, -0.2) is 0 Å². The third-order valence-electron chi connectivity index (χ3n) is 3.64. The van der Waals surface area contributed by atoms with Gasteiger partial charge >= 0.3 is 0 Å². The molecule has 0 bridgehead atoms. The molecule has 0 heterocycles. The molecular formula is C17H28N2O2. The summed E-state index contributed by atoms with van der Waals surface area (Å²) in [6.45, 7) is 11.7. The maximum atomic E-state index is 12.0. The quantitative estimate of drug-likeness (QED) is 0.760. The Labute approximate surface area is 128 Å². The van der Waals surface area contributed by atoms with Gasteiger partial charge in [0, 0.05) is 13.1 Å². The zero-order valence-electron chi connectivity index (χ0n) is 13.7. The first-order chi connectivity index (χ1) is 10.1. The molecule has 4 heteroatoms. The Morgan fingerprint density at radius 3 is 2.33 bits per heavy atom. The second kappa shape index (κ2) is 9.40. The fourth-order valence-electron chi connectivity index (χ4n) is 2.08. The second-order valence-corrected chi connectivity index (χ2v) is 5.08. The Morgan fingerprint density at radius 1 is 1.19 bits per heavy atom. The lowest BCUT2D eigenvalue weighted by Gasteiger charge is -2.19. The molecule has 0 aliphatic carbocycles. The van der Waals surface area contributed by atoms with Crippen LogP contribution in [0, 0.1) is 0 Å². The van der Waals surface area contributed by atoms with E-state index in [1.54, 1.807) is 6.92 Å². The predicted molar refractivity (Wildman–Crippen MR) is 86.7 cm³/mol. The fraction of sp³-hybridized carbons (Fsp3) is 0.588. The van der Waals surface area contributed by atoms with E-state index in [0.717, 1.165) is 31.8 Å². The molecule has 1 rings (SSSR count). The number of carbonyl (C=O) groups is 1. The van der Waals surface area contributed by atoms with Crippen LogP contribution >= 0.6 is 0 Å². The van der Waals surface area contributed by atoms with Crippen LogP contribution in [0.15, 0.2) is 24.3 Å². The minimum Gasteiger partial charge on any atom is -0.481 e. The molecule has 1 N–H and O–H groups in total. The summed E-state index contributed by atoms with van der Waals surface area (Å²) in [6.07, 6.45) is 0.524. The van der Waals surface area contributed by atoms with Crippen molar-refractivity contribution in [2.75, 3.05) is 26.2 Å². The van der Waals surface area contributed by atoms with Crippen molar-refractivity contribution < 1.29 is 9.53 Å². The molecule has 0 saturated carbocycles. The first-order valence-corrected chi connectivity index (χ1v) is 7.86. The van der Waals surface area contributed by atoms with Crippen molar-refractivity contribution in [3.8, 4) is 5.75 Å². The predicted octanol–water partition coefficient (Wildman–Crippen LogP) is 2.47. The second-order valence-electron chi connectivity index (χ2n) is 5.08. The Kier molecular flexibility index (Phi) is 7.83. The van der Waals surface area contributed by atoms with Gasteiger partial charge in [-0.15, -0.1) is 0 Å². The van der Waals surface area contributed by atoms with Crippen molar-refractivity contribution in [1.29, 1.82) is 0 Å². The molecule has 0 aliphatic heterocycles. The number of ether oxygens (including phenoxy) is 1. The Morgan fingerprint density at radius 2 is 1.81 bits per heavy atom. The number of rotatable bonds is 9. The van der Waals surface area contributed by atoms with Gasteiger partial charge < -0.3 is 15.0 Å². The van der Waals surface area contributed by atoms with E-state index < -0.39 is 6.10 Å². The molecule has 4 nitrogen and oxygen atoms in total. The molecule has 0 spiro atoms. The van der Waals surface area contributed by atoms with Gasteiger partial charge in [-0.3, -0.25) is 4.79 Å². The first kappa shape index (κ1) is 17.5. The minimum atomic E-state index is -0.478. The van der Waals surface area contributed by atoms with Gasteiger partial charge in [0.25, 0.3) is 5.91 Å². The lowest BCUT2D eigenvalue weighted by atomic mass is 10.2. The smallest absolute Gasteiger partial charge is 0.260 e. The van der Waals surface area contributed by atoms with Gasteiger partial charge in [-0.1, -0.05) is 32.9 Å². The van der Waals surface area contributed by atoms with Gasteiger partial charge in [0.15, 0.2) is 6.10 Å². The first-order valence-electron chi connectivity index (χ1n) is 7.86. The van der Waals surface area contributed by atoms with Crippen LogP contribution < -0.4 is 10.1 Å². The van der Waals surface area contributed by atoms with E-state index in [2.05, 4.69) is 31.0 Å². The summed E-state index contributed by atoms with van der Waals surface area (Å²) < 4.78 is 5.66. The molecule has 1 amide bonds. The van der Waals surface area contributed by atoms with E-state index in [1.165, 1.54) is 5.56 Å². The number of hydrogen-bond donors (Lipinski definition) is 1. The molecule has 0 saturated heterocycles. The van der Waals surface area contributed by atoms with Crippen molar-refractivity contribution in [2.24, 2.45) is 0 Å². The lowest BCUT2D eigenvalue weighted by molar-refractivity contribution is -0.127. The van der Waals surface area contributed by atoms with Gasteiger partial charge in [0.2, 0.25) is 0 Å². The zero-order chi connectivity index (χ0) is 15.7. The maximum absolute atomic E-state index is 12.0. The minimum absolute atomic E-state index is 0.0678. The summed E-state index contributed by atoms with van der Waals surface area (Å²) in [7, 11) is 0. The average molecular weight is 292 g/mol. The van der Waals surface area contributed by atoms with E-state index in [0.29, 0.717) is 6.54 Å². The van der Waals surface area contributed by atoms with Crippen LogP contribution in [0.3, 0.4) is 0 Å². The van der Waals surface area contributed by atoms with Crippen LogP contribution in [0.4, 0.5) is 0 Å². The average Bonchev–Trinajstić information content (AvgIpc) is 2.52. The third kappa shape index (κ3) is 6.17. The Bertz CT molecular complexity index is 413. The molecule has 118 valence electrons. The molecule has 21 heavy (non-hydrogen) atoms. The van der Waals surface area contributed by atoms with Crippen LogP contribution in [0.2, 0.25) is 0 Å². The number of carbonyl (C=O) groups excluding carboxylic acids is 1. The van der Waals surface area contributed by atoms with E-state index >= 15 is 0 Å². The number of aryl methyl sites for hydroxylation is 1. The van der Waals surface area contributed by atoms with Crippen LogP contribution in [-0.2, 0) is 11.2 Å². The van der Waals surface area contributed by atoms with Gasteiger partial charge in [0.05, 0.1) is 0 Å². The highest BCUT2D eigenvalue weighted by Gasteiger charge is 2.14. The summed E-state index contributed by atoms with van der Waals surface area (Å²) in [5, 5.41) is 2.92. The summed E-state index contributed by atoms with van der Waals surface area (Å²) in [5.41, 5.74) is 1.26. The van der Waals surface area contributed by atoms with Crippen molar-refractivity contribution in [1.82, 2.24) is 10.2 Å². The SMILES string of the molecule is CCc1ccc(OC(C)C(=O)NCCN(CC)CC)cc1. The summed E-state index contributed by atoms with van der Waals surface area (Å²) >= 11 is 0. The highest BCUT2D eigenvalue weighted by atomic mass is 16.5. The lowest BCUT2D eigenvalue weighted by Crippen LogP contribution is -2.40. The van der Waals surface area contributed by atoms with E-state index in [4.69, 9.17) is 4.74 Å². The Balaban J connectivity index is 2.36. The normalized spacial score (nSPS) is 12.2. The van der Waals surface area contributed by atoms with Crippen molar-refractivity contribution in [2.45, 2.75) is 40.2 Å². The Hall–Kier alpha value is -1.55. The number of benzene rings is 1. The number of hydrogen-bond acceptors (Lipinski definition) is 3. The largest absolute Gasteiger partial charge is 0.481 e. The van der Waals surface area contributed by atoms with E-state index in [9.17, 15) is 4.79 Å². The monoisotopic (exact) mass is 292 g/mol. The molecule has 1 unspecified atom stereocenters. The molecule has 1 atom stereocenters. The van der Waals surface area contributed by atoms with Crippen molar-refractivity contribution in [3.63, 3.8) is 0 Å². The van der Waals surface area contributed by atoms with Gasteiger partial charge in [-0.2, -0.15) is 0 Å². The maximum Gasteiger partial charge on any atom is 0.260 e. The summed E-state index contributed by atoms with van der Waals surface area (Å²) in [5.74, 6) is 0.667. The highest BCUT2D eigenvalue weighted by Crippen LogP contribution is 2.14. The van der Waals surface area contributed by atoms with Gasteiger partial charge in [-0.05, 0) is 44.1 Å². The highest BCUT2D eigenvalue weighted by molar-refractivity contribution is 5.80. The zero-order valence-corrected chi connectivity index (χ0v) is 13.7. The number of amides is 1. The molecule has 1 aromatic rings. The van der Waals surface area contributed by atoms with Crippen LogP contribution in [-0.4, -0.2) is 43.1 Å². The summed E-state index contributed by atoms with van der Waals surface area (Å²) in [4.78, 5) is 14.2. The van der Waals surface area contributed by atoms with Crippen LogP contribution in [0.5, 0.6) is 5.75 Å². The molecule has 0 fully saturated rings. The van der Waals surface area contributed by atoms with Gasteiger partial charge in [0.1, 0.15) is 5.75 Å². The van der Waals surface area contributed by atoms with Crippen LogP contribution in [0.25, 0.3) is 0 Å². The standard InChI is InChI=1S/C17H28N2O2/c1-5-15-8-10-16(11-9-15)21-14(4)17(20)18-12-13-19(6-2)7-3/h8-11,14H,5-7,12-13H2,1-4H3,(H,18,20). The van der Waals surface area contributed by atoms with Crippen molar-refractivity contribution in [3.05, 3.63) is 29.8 Å².